The molecule has 0 fully saturated rings. The van der Waals surface area contributed by atoms with Gasteiger partial charge in [-0.1, -0.05) is 0 Å². The Hall–Kier alpha value is -1.02. The molecule has 0 aliphatic heterocycles. The minimum Gasteiger partial charge on any atom is -0.480 e. The third-order valence-corrected chi connectivity index (χ3v) is 2.91. The van der Waals surface area contributed by atoms with E-state index in [2.05, 4.69) is 9.72 Å². The largest absolute Gasteiger partial charge is 0.480 e. The molecule has 1 heterocycles. The van der Waals surface area contributed by atoms with Crippen molar-refractivity contribution < 1.29 is 26.3 Å². The van der Waals surface area contributed by atoms with E-state index in [0.29, 0.717) is 6.07 Å². The fourth-order valence-electron chi connectivity index (χ4n) is 0.943. The summed E-state index contributed by atoms with van der Waals surface area (Å²) in [7, 11) is 1.63. The first-order chi connectivity index (χ1) is 7.27. The molecule has 1 aromatic heterocycles. The van der Waals surface area contributed by atoms with E-state index in [1.807, 2.05) is 0 Å². The van der Waals surface area contributed by atoms with Crippen LogP contribution in [0.3, 0.4) is 0 Å². The van der Waals surface area contributed by atoms with E-state index >= 15 is 0 Å². The Bertz CT molecular complexity index is 506. The van der Waals surface area contributed by atoms with Crippen LogP contribution in [0.25, 0.3) is 0 Å². The molecule has 0 saturated heterocycles. The van der Waals surface area contributed by atoms with Crippen molar-refractivity contribution >= 4 is 19.7 Å². The monoisotopic (exact) mass is 275 g/mol. The van der Waals surface area contributed by atoms with Crippen LogP contribution in [-0.2, 0) is 9.05 Å². The van der Waals surface area contributed by atoms with Crippen LogP contribution < -0.4 is 4.74 Å². The maximum atomic E-state index is 13.0. The fraction of sp³-hybridized carbons (Fsp3) is 0.286. The Morgan fingerprint density at radius 2 is 2.06 bits per heavy atom. The summed E-state index contributed by atoms with van der Waals surface area (Å²) in [5.41, 5.74) is -1.19. The summed E-state index contributed by atoms with van der Waals surface area (Å²) in [6, 6.07) is 0.343. The van der Waals surface area contributed by atoms with Crippen molar-refractivity contribution in [3.63, 3.8) is 0 Å². The Morgan fingerprint density at radius 1 is 1.50 bits per heavy atom. The van der Waals surface area contributed by atoms with Crippen molar-refractivity contribution in [1.82, 2.24) is 4.98 Å². The molecule has 1 aromatic rings. The average molecular weight is 276 g/mol. The zero-order valence-electron chi connectivity index (χ0n) is 7.75. The van der Waals surface area contributed by atoms with E-state index in [1.165, 1.54) is 0 Å². The molecule has 0 spiro atoms. The molecule has 4 nitrogen and oxygen atoms in total. The Morgan fingerprint density at radius 3 is 2.44 bits per heavy atom. The maximum Gasteiger partial charge on any atom is 0.283 e. The smallest absolute Gasteiger partial charge is 0.283 e. The van der Waals surface area contributed by atoms with Gasteiger partial charge in [0.25, 0.3) is 15.5 Å². The van der Waals surface area contributed by atoms with Crippen molar-refractivity contribution in [3.05, 3.63) is 17.6 Å². The van der Waals surface area contributed by atoms with Crippen molar-refractivity contribution in [2.75, 3.05) is 7.11 Å². The lowest BCUT2D eigenvalue weighted by atomic mass is 10.3. The molecule has 0 amide bonds. The molecule has 1 rings (SSSR count). The predicted octanol–water partition coefficient (Wildman–Crippen LogP) is 2.09. The standard InChI is InChI=1S/C7H5ClF3NO3S/c1-15-7-4(16(8,13)14)2-3(9)5(12-7)6(10)11/h2,6H,1H3. The van der Waals surface area contributed by atoms with Gasteiger partial charge in [0.2, 0.25) is 5.88 Å². The molecule has 0 atom stereocenters. The SMILES string of the molecule is COc1nc(C(F)F)c(F)cc1S(=O)(=O)Cl. The molecular weight excluding hydrogens is 271 g/mol. The quantitative estimate of drug-likeness (QED) is 0.793. The van der Waals surface area contributed by atoms with Gasteiger partial charge in [0.1, 0.15) is 10.6 Å². The highest BCUT2D eigenvalue weighted by atomic mass is 35.7. The van der Waals surface area contributed by atoms with Crippen molar-refractivity contribution in [3.8, 4) is 5.88 Å². The summed E-state index contributed by atoms with van der Waals surface area (Å²) in [4.78, 5) is 2.25. The Balaban J connectivity index is 3.51. The zero-order valence-corrected chi connectivity index (χ0v) is 9.32. The Kier molecular flexibility index (Phi) is 3.64. The lowest BCUT2D eigenvalue weighted by Gasteiger charge is -2.07. The summed E-state index contributed by atoms with van der Waals surface area (Å²) < 4.78 is 63.8. The van der Waals surface area contributed by atoms with Crippen LogP contribution in [0.4, 0.5) is 13.2 Å². The van der Waals surface area contributed by atoms with Crippen LogP contribution in [0.15, 0.2) is 11.0 Å². The number of ether oxygens (including phenoxy) is 1. The van der Waals surface area contributed by atoms with E-state index in [4.69, 9.17) is 10.7 Å². The number of hydrogen-bond donors (Lipinski definition) is 0. The number of rotatable bonds is 3. The van der Waals surface area contributed by atoms with E-state index in [9.17, 15) is 21.6 Å². The van der Waals surface area contributed by atoms with Gasteiger partial charge in [0, 0.05) is 16.7 Å². The first-order valence-electron chi connectivity index (χ1n) is 3.74. The first kappa shape index (κ1) is 13.0. The summed E-state index contributed by atoms with van der Waals surface area (Å²) in [5.74, 6) is -2.14. The van der Waals surface area contributed by atoms with Crippen molar-refractivity contribution in [2.24, 2.45) is 0 Å². The first-order valence-corrected chi connectivity index (χ1v) is 6.05. The lowest BCUT2D eigenvalue weighted by Crippen LogP contribution is -2.04. The van der Waals surface area contributed by atoms with Gasteiger partial charge in [-0.3, -0.25) is 0 Å². The third kappa shape index (κ3) is 2.56. The number of hydrogen-bond acceptors (Lipinski definition) is 4. The molecule has 0 unspecified atom stereocenters. The second-order valence-electron chi connectivity index (χ2n) is 2.60. The van der Waals surface area contributed by atoms with Gasteiger partial charge in [0.15, 0.2) is 5.82 Å². The molecule has 16 heavy (non-hydrogen) atoms. The van der Waals surface area contributed by atoms with Crippen LogP contribution >= 0.6 is 10.7 Å². The highest BCUT2D eigenvalue weighted by Gasteiger charge is 2.25. The van der Waals surface area contributed by atoms with Gasteiger partial charge < -0.3 is 4.74 Å². The summed E-state index contributed by atoms with van der Waals surface area (Å²) >= 11 is 0. The molecule has 90 valence electrons. The lowest BCUT2D eigenvalue weighted by molar-refractivity contribution is 0.139. The number of alkyl halides is 2. The minimum atomic E-state index is -4.31. The van der Waals surface area contributed by atoms with Gasteiger partial charge >= 0.3 is 0 Å². The topological polar surface area (TPSA) is 56.3 Å². The number of pyridine rings is 1. The molecule has 0 aliphatic carbocycles. The van der Waals surface area contributed by atoms with E-state index in [-0.39, 0.29) is 0 Å². The molecule has 0 radical (unpaired) electrons. The summed E-state index contributed by atoms with van der Waals surface area (Å²) in [6.07, 6.45) is -3.18. The molecular formula is C7H5ClF3NO3S. The van der Waals surface area contributed by atoms with E-state index < -0.39 is 37.8 Å². The normalized spacial score (nSPS) is 11.9. The highest BCUT2D eigenvalue weighted by Crippen LogP contribution is 2.30. The van der Waals surface area contributed by atoms with Crippen molar-refractivity contribution in [1.29, 1.82) is 0 Å². The van der Waals surface area contributed by atoms with Crippen LogP contribution in [0.1, 0.15) is 12.1 Å². The fourth-order valence-corrected chi connectivity index (χ4v) is 1.86. The second kappa shape index (κ2) is 4.46. The van der Waals surface area contributed by atoms with Crippen LogP contribution in [-0.4, -0.2) is 20.5 Å². The predicted molar refractivity (Wildman–Crippen MR) is 48.7 cm³/mol. The maximum absolute atomic E-state index is 13.0. The molecule has 0 N–H and O–H groups in total. The third-order valence-electron chi connectivity index (χ3n) is 1.60. The molecule has 9 heteroatoms. The van der Waals surface area contributed by atoms with Crippen LogP contribution in [0.5, 0.6) is 5.88 Å². The molecule has 0 aromatic carbocycles. The molecule has 0 saturated carbocycles. The number of aromatic nitrogens is 1. The summed E-state index contributed by atoms with van der Waals surface area (Å²) in [6.45, 7) is 0. The number of nitrogens with zero attached hydrogens (tertiary/aromatic N) is 1. The molecule has 0 aliphatic rings. The van der Waals surface area contributed by atoms with E-state index in [1.54, 1.807) is 0 Å². The minimum absolute atomic E-state index is 0.343. The number of methoxy groups -OCH3 is 1. The van der Waals surface area contributed by atoms with Gasteiger partial charge in [-0.25, -0.2) is 26.6 Å². The van der Waals surface area contributed by atoms with Gasteiger partial charge in [-0.15, -0.1) is 0 Å². The Labute approximate surface area is 93.4 Å². The number of halogens is 4. The zero-order chi connectivity index (χ0) is 12.5. The van der Waals surface area contributed by atoms with Crippen LogP contribution in [0.2, 0.25) is 0 Å². The highest BCUT2D eigenvalue weighted by molar-refractivity contribution is 8.13. The van der Waals surface area contributed by atoms with Crippen LogP contribution in [0, 0.1) is 5.82 Å². The van der Waals surface area contributed by atoms with E-state index in [0.717, 1.165) is 7.11 Å². The van der Waals surface area contributed by atoms with Gasteiger partial charge in [-0.2, -0.15) is 0 Å². The van der Waals surface area contributed by atoms with Crippen molar-refractivity contribution in [2.45, 2.75) is 11.3 Å². The average Bonchev–Trinajstić information content (AvgIpc) is 2.15. The van der Waals surface area contributed by atoms with Gasteiger partial charge in [-0.05, 0) is 0 Å². The second-order valence-corrected chi connectivity index (χ2v) is 5.14. The van der Waals surface area contributed by atoms with Gasteiger partial charge in [0.05, 0.1) is 7.11 Å². The molecule has 0 bridgehead atoms. The summed E-state index contributed by atoms with van der Waals surface area (Å²) in [5, 5.41) is 0.